The second kappa shape index (κ2) is 6.51. The maximum atomic E-state index is 11.6. The first kappa shape index (κ1) is 16.2. The molecule has 20 heavy (non-hydrogen) atoms. The van der Waals surface area contributed by atoms with E-state index in [1.807, 2.05) is 25.8 Å². The van der Waals surface area contributed by atoms with Crippen LogP contribution in [0.25, 0.3) is 0 Å². The van der Waals surface area contributed by atoms with Gasteiger partial charge in [0.1, 0.15) is 0 Å². The van der Waals surface area contributed by atoms with Gasteiger partial charge in [-0.3, -0.25) is 14.6 Å². The van der Waals surface area contributed by atoms with Crippen molar-refractivity contribution < 1.29 is 9.90 Å². The highest BCUT2D eigenvalue weighted by Crippen LogP contribution is 2.20. The number of hydrogen-bond donors (Lipinski definition) is 4. The first-order chi connectivity index (χ1) is 9.15. The third-order valence-electron chi connectivity index (χ3n) is 2.55. The molecule has 1 aromatic heterocycles. The summed E-state index contributed by atoms with van der Waals surface area (Å²) in [6.07, 6.45) is -0.173. The van der Waals surface area contributed by atoms with Gasteiger partial charge in [0.15, 0.2) is 0 Å². The van der Waals surface area contributed by atoms with Crippen molar-refractivity contribution in [3.8, 4) is 0 Å². The number of carbonyl (C=O) groups excluding carboxylic acids is 1. The molecule has 0 radical (unpaired) electrons. The molecule has 0 aliphatic carbocycles. The summed E-state index contributed by atoms with van der Waals surface area (Å²) in [7, 11) is 0. The van der Waals surface area contributed by atoms with Gasteiger partial charge in [-0.25, -0.2) is 4.79 Å². The molecule has 0 bridgehead atoms. The van der Waals surface area contributed by atoms with Crippen LogP contribution in [0.4, 0.5) is 0 Å². The molecule has 1 aromatic rings. The van der Waals surface area contributed by atoms with Gasteiger partial charge in [0, 0.05) is 18.3 Å². The van der Waals surface area contributed by atoms with Gasteiger partial charge >= 0.3 is 5.69 Å². The Morgan fingerprint density at radius 3 is 2.55 bits per heavy atom. The van der Waals surface area contributed by atoms with Crippen LogP contribution in [-0.2, 0) is 11.2 Å². The number of aliphatic hydroxyl groups excluding tert-OH is 1. The Hall–Kier alpha value is -1.89. The summed E-state index contributed by atoms with van der Waals surface area (Å²) in [5.41, 5.74) is -0.985. The van der Waals surface area contributed by atoms with Crippen molar-refractivity contribution in [2.75, 3.05) is 6.54 Å². The standard InChI is InChI=1S/C13H21N3O4/c1-13(2,3)6-9(17)7-14-10(18)4-8-5-11(19)16-12(20)15-8/h5,9,17H,4,6-7H2,1-3H3,(H,14,18)(H2,15,16,19,20). The van der Waals surface area contributed by atoms with E-state index in [1.165, 1.54) is 0 Å². The molecule has 0 aromatic carbocycles. The topological polar surface area (TPSA) is 115 Å². The lowest BCUT2D eigenvalue weighted by molar-refractivity contribution is -0.121. The number of H-pyrrole nitrogens is 2. The van der Waals surface area contributed by atoms with Crippen molar-refractivity contribution in [1.82, 2.24) is 15.3 Å². The van der Waals surface area contributed by atoms with Crippen molar-refractivity contribution in [3.63, 3.8) is 0 Å². The summed E-state index contributed by atoms with van der Waals surface area (Å²) < 4.78 is 0. The molecule has 1 amide bonds. The molecule has 0 saturated heterocycles. The highest BCUT2D eigenvalue weighted by molar-refractivity contribution is 5.78. The van der Waals surface area contributed by atoms with Gasteiger partial charge in [-0.05, 0) is 11.8 Å². The zero-order valence-corrected chi connectivity index (χ0v) is 11.9. The monoisotopic (exact) mass is 283 g/mol. The van der Waals surface area contributed by atoms with E-state index in [0.29, 0.717) is 6.42 Å². The minimum Gasteiger partial charge on any atom is -0.391 e. The summed E-state index contributed by atoms with van der Waals surface area (Å²) in [5, 5.41) is 12.3. The fourth-order valence-corrected chi connectivity index (χ4v) is 1.86. The van der Waals surface area contributed by atoms with Gasteiger partial charge in [-0.2, -0.15) is 0 Å². The molecule has 1 heterocycles. The van der Waals surface area contributed by atoms with Gasteiger partial charge in [-0.15, -0.1) is 0 Å². The molecule has 1 atom stereocenters. The number of amides is 1. The molecule has 0 aliphatic rings. The SMILES string of the molecule is CC(C)(C)CC(O)CNC(=O)Cc1cc(=O)[nH]c(=O)[nH]1. The molecule has 7 heteroatoms. The summed E-state index contributed by atoms with van der Waals surface area (Å²) >= 11 is 0. The van der Waals surface area contributed by atoms with Crippen molar-refractivity contribution in [2.45, 2.75) is 39.7 Å². The predicted molar refractivity (Wildman–Crippen MR) is 74.5 cm³/mol. The fraction of sp³-hybridized carbons (Fsp3) is 0.615. The molecular formula is C13H21N3O4. The van der Waals surface area contributed by atoms with E-state index in [1.54, 1.807) is 0 Å². The summed E-state index contributed by atoms with van der Waals surface area (Å²) in [6, 6.07) is 1.16. The Kier molecular flexibility index (Phi) is 5.26. The molecule has 4 N–H and O–H groups in total. The second-order valence-corrected chi connectivity index (χ2v) is 6.01. The summed E-state index contributed by atoms with van der Waals surface area (Å²) in [6.45, 7) is 6.14. The average Bonchev–Trinajstić information content (AvgIpc) is 2.22. The van der Waals surface area contributed by atoms with Gasteiger partial charge in [0.05, 0.1) is 12.5 Å². The van der Waals surface area contributed by atoms with Crippen LogP contribution in [0.1, 0.15) is 32.9 Å². The van der Waals surface area contributed by atoms with E-state index in [9.17, 15) is 19.5 Å². The number of carbonyl (C=O) groups is 1. The number of aromatic nitrogens is 2. The minimum absolute atomic E-state index is 0.0257. The Labute approximate surface area is 116 Å². The van der Waals surface area contributed by atoms with Gasteiger partial charge < -0.3 is 15.4 Å². The zero-order chi connectivity index (χ0) is 15.3. The fourth-order valence-electron chi connectivity index (χ4n) is 1.86. The highest BCUT2D eigenvalue weighted by Gasteiger charge is 2.17. The molecule has 7 nitrogen and oxygen atoms in total. The van der Waals surface area contributed by atoms with Crippen LogP contribution in [0.15, 0.2) is 15.7 Å². The van der Waals surface area contributed by atoms with Crippen LogP contribution in [0.3, 0.4) is 0 Å². The normalized spacial score (nSPS) is 13.0. The number of hydrogen-bond acceptors (Lipinski definition) is 4. The van der Waals surface area contributed by atoms with E-state index >= 15 is 0 Å². The first-order valence-electron chi connectivity index (χ1n) is 6.43. The van der Waals surface area contributed by atoms with E-state index in [4.69, 9.17) is 0 Å². The molecule has 0 spiro atoms. The summed E-state index contributed by atoms with van der Waals surface area (Å²) in [5.74, 6) is -0.362. The first-order valence-corrected chi connectivity index (χ1v) is 6.43. The van der Waals surface area contributed by atoms with Crippen LogP contribution in [0.5, 0.6) is 0 Å². The lowest BCUT2D eigenvalue weighted by atomic mass is 9.89. The number of aliphatic hydroxyl groups is 1. The Bertz CT molecular complexity index is 540. The van der Waals surface area contributed by atoms with Gasteiger partial charge in [0.2, 0.25) is 5.91 Å². The molecule has 1 unspecified atom stereocenters. The van der Waals surface area contributed by atoms with Crippen molar-refractivity contribution >= 4 is 5.91 Å². The zero-order valence-electron chi connectivity index (χ0n) is 11.9. The Balaban J connectivity index is 2.48. The van der Waals surface area contributed by atoms with Crippen LogP contribution >= 0.6 is 0 Å². The molecule has 0 saturated carbocycles. The molecular weight excluding hydrogens is 262 g/mol. The van der Waals surface area contributed by atoms with E-state index in [-0.39, 0.29) is 30.0 Å². The molecule has 0 aliphatic heterocycles. The van der Waals surface area contributed by atoms with E-state index in [0.717, 1.165) is 6.07 Å². The maximum Gasteiger partial charge on any atom is 0.325 e. The lowest BCUT2D eigenvalue weighted by Crippen LogP contribution is -2.35. The van der Waals surface area contributed by atoms with Gasteiger partial charge in [-0.1, -0.05) is 20.8 Å². The van der Waals surface area contributed by atoms with Crippen LogP contribution in [0, 0.1) is 5.41 Å². The largest absolute Gasteiger partial charge is 0.391 e. The van der Waals surface area contributed by atoms with Crippen LogP contribution in [0.2, 0.25) is 0 Å². The number of aromatic amines is 2. The highest BCUT2D eigenvalue weighted by atomic mass is 16.3. The smallest absolute Gasteiger partial charge is 0.325 e. The molecule has 112 valence electrons. The molecule has 0 fully saturated rings. The second-order valence-electron chi connectivity index (χ2n) is 6.01. The maximum absolute atomic E-state index is 11.6. The Morgan fingerprint density at radius 2 is 2.00 bits per heavy atom. The lowest BCUT2D eigenvalue weighted by Gasteiger charge is -2.22. The number of rotatable bonds is 5. The van der Waals surface area contributed by atoms with Crippen molar-refractivity contribution in [2.24, 2.45) is 5.41 Å². The molecule has 1 rings (SSSR count). The minimum atomic E-state index is -0.645. The third kappa shape index (κ3) is 6.33. The third-order valence-corrected chi connectivity index (χ3v) is 2.55. The van der Waals surface area contributed by atoms with Crippen molar-refractivity contribution in [1.29, 1.82) is 0 Å². The van der Waals surface area contributed by atoms with Crippen molar-refractivity contribution in [3.05, 3.63) is 32.6 Å². The summed E-state index contributed by atoms with van der Waals surface area (Å²) in [4.78, 5) is 38.1. The van der Waals surface area contributed by atoms with Crippen LogP contribution < -0.4 is 16.6 Å². The predicted octanol–water partition coefficient (Wildman–Crippen LogP) is -0.481. The Morgan fingerprint density at radius 1 is 1.35 bits per heavy atom. The van der Waals surface area contributed by atoms with E-state index < -0.39 is 17.4 Å². The quantitative estimate of drug-likeness (QED) is 0.584. The van der Waals surface area contributed by atoms with E-state index in [2.05, 4.69) is 10.3 Å². The van der Waals surface area contributed by atoms with Crippen LogP contribution in [-0.4, -0.2) is 33.6 Å². The van der Waals surface area contributed by atoms with Gasteiger partial charge in [0.25, 0.3) is 5.56 Å². The average molecular weight is 283 g/mol. The number of nitrogens with one attached hydrogen (secondary N) is 3.